The second-order valence-corrected chi connectivity index (χ2v) is 6.21. The predicted octanol–water partition coefficient (Wildman–Crippen LogP) is 2.62. The molecule has 2 amide bonds. The summed E-state index contributed by atoms with van der Waals surface area (Å²) in [7, 11) is 0. The molecule has 120 valence electrons. The molecule has 5 nitrogen and oxygen atoms in total. The summed E-state index contributed by atoms with van der Waals surface area (Å²) in [5.74, 6) is -0.961. The average Bonchev–Trinajstić information content (AvgIpc) is 3.05. The first-order chi connectivity index (χ1) is 11.6. The van der Waals surface area contributed by atoms with Crippen LogP contribution in [0, 0.1) is 0 Å². The first-order valence-corrected chi connectivity index (χ1v) is 8.39. The Morgan fingerprint density at radius 1 is 1.29 bits per heavy atom. The van der Waals surface area contributed by atoms with Crippen LogP contribution in [0.2, 0.25) is 0 Å². The minimum atomic E-state index is -0.514. The molecule has 24 heavy (non-hydrogen) atoms. The van der Waals surface area contributed by atoms with Gasteiger partial charge in [0.1, 0.15) is 10.6 Å². The molecule has 2 heterocycles. The highest BCUT2D eigenvalue weighted by molar-refractivity contribution is 7.80. The van der Waals surface area contributed by atoms with Crippen molar-refractivity contribution in [2.45, 2.75) is 0 Å². The van der Waals surface area contributed by atoms with E-state index >= 15 is 0 Å². The van der Waals surface area contributed by atoms with Gasteiger partial charge < -0.3 is 0 Å². The van der Waals surface area contributed by atoms with Crippen molar-refractivity contribution in [3.63, 3.8) is 0 Å². The van der Waals surface area contributed by atoms with Crippen LogP contribution in [0.1, 0.15) is 5.69 Å². The normalized spacial score (nSPS) is 16.4. The van der Waals surface area contributed by atoms with Gasteiger partial charge in [0.25, 0.3) is 11.8 Å². The minimum Gasteiger partial charge on any atom is -0.298 e. The summed E-state index contributed by atoms with van der Waals surface area (Å²) in [6.45, 7) is 3.83. The maximum atomic E-state index is 12.5. The molecule has 1 fully saturated rings. The van der Waals surface area contributed by atoms with E-state index in [1.807, 2.05) is 30.3 Å². The molecule has 3 rings (SSSR count). The number of nitrogens with one attached hydrogen (secondary N) is 1. The minimum absolute atomic E-state index is 0.00959. The number of carbonyl (C=O) groups excluding carboxylic acids is 2. The molecule has 0 spiro atoms. The molecule has 0 bridgehead atoms. The van der Waals surface area contributed by atoms with Crippen LogP contribution >= 0.6 is 23.6 Å². The largest absolute Gasteiger partial charge is 0.298 e. The molecule has 1 N–H and O–H groups in total. The Kier molecular flexibility index (Phi) is 4.64. The molecule has 1 aromatic heterocycles. The molecule has 0 atom stereocenters. The Hall–Kier alpha value is -2.64. The monoisotopic (exact) mass is 355 g/mol. The second kappa shape index (κ2) is 6.86. The Morgan fingerprint density at radius 3 is 2.75 bits per heavy atom. The molecule has 0 unspecified atom stereocenters. The highest BCUT2D eigenvalue weighted by Gasteiger charge is 2.32. The SMILES string of the molecule is C=CCN1C(=O)C(=Cc2csc(-c3ccccc3)n2)C(=O)NC1=S. The van der Waals surface area contributed by atoms with Crippen LogP contribution in [0.5, 0.6) is 0 Å². The number of hydrogen-bond acceptors (Lipinski definition) is 5. The van der Waals surface area contributed by atoms with Crippen molar-refractivity contribution in [1.29, 1.82) is 0 Å². The number of aromatic nitrogens is 1. The van der Waals surface area contributed by atoms with E-state index in [-0.39, 0.29) is 17.2 Å². The first kappa shape index (κ1) is 16.2. The topological polar surface area (TPSA) is 62.3 Å². The molecule has 0 aliphatic carbocycles. The Morgan fingerprint density at radius 2 is 2.04 bits per heavy atom. The number of benzene rings is 1. The summed E-state index contributed by atoms with van der Waals surface area (Å²) >= 11 is 6.47. The van der Waals surface area contributed by atoms with Crippen LogP contribution < -0.4 is 5.32 Å². The van der Waals surface area contributed by atoms with Gasteiger partial charge in [-0.15, -0.1) is 17.9 Å². The van der Waals surface area contributed by atoms with Crippen molar-refractivity contribution in [3.05, 3.63) is 59.6 Å². The second-order valence-electron chi connectivity index (χ2n) is 4.97. The zero-order valence-electron chi connectivity index (χ0n) is 12.6. The number of thiazole rings is 1. The van der Waals surface area contributed by atoms with Gasteiger partial charge in [0.05, 0.1) is 5.69 Å². The Balaban J connectivity index is 1.91. The van der Waals surface area contributed by atoms with Crippen LogP contribution in [0.25, 0.3) is 16.6 Å². The van der Waals surface area contributed by atoms with Crippen LogP contribution in [-0.4, -0.2) is 33.4 Å². The Bertz CT molecular complexity index is 856. The van der Waals surface area contributed by atoms with Crippen molar-refractivity contribution in [2.75, 3.05) is 6.54 Å². The van der Waals surface area contributed by atoms with Crippen molar-refractivity contribution >= 4 is 46.6 Å². The number of carbonyl (C=O) groups is 2. The average molecular weight is 355 g/mol. The van der Waals surface area contributed by atoms with Gasteiger partial charge in [-0.2, -0.15) is 0 Å². The molecule has 1 aromatic carbocycles. The zero-order chi connectivity index (χ0) is 17.1. The van der Waals surface area contributed by atoms with Crippen LogP contribution in [0.4, 0.5) is 0 Å². The van der Waals surface area contributed by atoms with Gasteiger partial charge >= 0.3 is 0 Å². The summed E-state index contributed by atoms with van der Waals surface area (Å²) in [5, 5.41) is 5.23. The van der Waals surface area contributed by atoms with Crippen LogP contribution in [-0.2, 0) is 9.59 Å². The smallest absolute Gasteiger partial charge is 0.266 e. The quantitative estimate of drug-likeness (QED) is 0.396. The third-order valence-electron chi connectivity index (χ3n) is 3.33. The lowest BCUT2D eigenvalue weighted by atomic mass is 10.1. The van der Waals surface area contributed by atoms with E-state index in [0.29, 0.717) is 5.69 Å². The van der Waals surface area contributed by atoms with Gasteiger partial charge in [0.2, 0.25) is 0 Å². The van der Waals surface area contributed by atoms with E-state index in [9.17, 15) is 9.59 Å². The number of nitrogens with zero attached hydrogens (tertiary/aromatic N) is 2. The molecular formula is C17H13N3O2S2. The molecule has 2 aromatic rings. The lowest BCUT2D eigenvalue weighted by molar-refractivity contribution is -0.128. The van der Waals surface area contributed by atoms with E-state index in [1.54, 1.807) is 11.5 Å². The molecule has 0 saturated carbocycles. The molecule has 1 saturated heterocycles. The third-order valence-corrected chi connectivity index (χ3v) is 4.56. The summed E-state index contributed by atoms with van der Waals surface area (Å²) in [6, 6.07) is 9.71. The first-order valence-electron chi connectivity index (χ1n) is 7.11. The summed E-state index contributed by atoms with van der Waals surface area (Å²) < 4.78 is 0. The lowest BCUT2D eigenvalue weighted by Gasteiger charge is -2.27. The van der Waals surface area contributed by atoms with Gasteiger partial charge in [-0.1, -0.05) is 36.4 Å². The molecule has 1 aliphatic heterocycles. The maximum absolute atomic E-state index is 12.5. The molecule has 1 aliphatic rings. The highest BCUT2D eigenvalue weighted by atomic mass is 32.1. The molecule has 7 heteroatoms. The van der Waals surface area contributed by atoms with E-state index in [4.69, 9.17) is 12.2 Å². The standard InChI is InChI=1S/C17H13N3O2S2/c1-2-8-20-16(22)13(14(21)19-17(20)23)9-12-10-24-15(18-12)11-6-4-3-5-7-11/h2-7,9-10H,1,8H2,(H,19,21,23). The molecule has 0 radical (unpaired) electrons. The fourth-order valence-electron chi connectivity index (χ4n) is 2.20. The van der Waals surface area contributed by atoms with Gasteiger partial charge in [0.15, 0.2) is 5.11 Å². The zero-order valence-corrected chi connectivity index (χ0v) is 14.2. The van der Waals surface area contributed by atoms with E-state index in [0.717, 1.165) is 10.6 Å². The van der Waals surface area contributed by atoms with Crippen LogP contribution in [0.15, 0.2) is 53.9 Å². The fraction of sp³-hybridized carbons (Fsp3) is 0.0588. The highest BCUT2D eigenvalue weighted by Crippen LogP contribution is 2.25. The van der Waals surface area contributed by atoms with Crippen molar-refractivity contribution in [3.8, 4) is 10.6 Å². The third kappa shape index (κ3) is 3.17. The van der Waals surface area contributed by atoms with Crippen molar-refractivity contribution < 1.29 is 9.59 Å². The number of amides is 2. The fourth-order valence-corrected chi connectivity index (χ4v) is 3.24. The lowest BCUT2D eigenvalue weighted by Crippen LogP contribution is -2.53. The number of thiocarbonyl (C=S) groups is 1. The summed E-state index contributed by atoms with van der Waals surface area (Å²) in [6.07, 6.45) is 3.04. The van der Waals surface area contributed by atoms with E-state index < -0.39 is 11.8 Å². The van der Waals surface area contributed by atoms with E-state index in [1.165, 1.54) is 22.3 Å². The summed E-state index contributed by atoms with van der Waals surface area (Å²) in [4.78, 5) is 30.3. The van der Waals surface area contributed by atoms with Gasteiger partial charge in [0, 0.05) is 17.5 Å². The van der Waals surface area contributed by atoms with Crippen molar-refractivity contribution in [2.24, 2.45) is 0 Å². The number of rotatable bonds is 4. The van der Waals surface area contributed by atoms with E-state index in [2.05, 4.69) is 16.9 Å². The van der Waals surface area contributed by atoms with Gasteiger partial charge in [-0.05, 0) is 18.3 Å². The molecular weight excluding hydrogens is 342 g/mol. The van der Waals surface area contributed by atoms with Crippen LogP contribution in [0.3, 0.4) is 0 Å². The van der Waals surface area contributed by atoms with Gasteiger partial charge in [-0.25, -0.2) is 4.98 Å². The summed E-state index contributed by atoms with van der Waals surface area (Å²) in [5.41, 5.74) is 1.56. The Labute approximate surface area is 148 Å². The predicted molar refractivity (Wildman–Crippen MR) is 98.2 cm³/mol. The maximum Gasteiger partial charge on any atom is 0.266 e. The number of hydrogen-bond donors (Lipinski definition) is 1. The van der Waals surface area contributed by atoms with Gasteiger partial charge in [-0.3, -0.25) is 19.8 Å². The van der Waals surface area contributed by atoms with Crippen molar-refractivity contribution in [1.82, 2.24) is 15.2 Å².